The lowest BCUT2D eigenvalue weighted by Crippen LogP contribution is -1.97. The normalized spacial score (nSPS) is 11.2. The zero-order chi connectivity index (χ0) is 15.2. The highest BCUT2D eigenvalue weighted by molar-refractivity contribution is 5.88. The van der Waals surface area contributed by atoms with Crippen LogP contribution in [-0.2, 0) is 9.53 Å². The highest BCUT2D eigenvalue weighted by Gasteiger charge is 2.06. The van der Waals surface area contributed by atoms with Crippen molar-refractivity contribution in [3.63, 3.8) is 0 Å². The molecule has 108 valence electrons. The van der Waals surface area contributed by atoms with Crippen molar-refractivity contribution in [3.8, 4) is 16.9 Å². The largest absolute Gasteiger partial charge is 0.508 e. The zero-order valence-electron chi connectivity index (χ0n) is 11.6. The third kappa shape index (κ3) is 3.86. The Balaban J connectivity index is 2.29. The van der Waals surface area contributed by atoms with Gasteiger partial charge in [-0.2, -0.15) is 0 Å². The molecule has 0 fully saturated rings. The minimum atomic E-state index is -1.04. The summed E-state index contributed by atoms with van der Waals surface area (Å²) in [6, 6.07) is 14.3. The van der Waals surface area contributed by atoms with Gasteiger partial charge in [-0.25, -0.2) is 4.79 Å². The highest BCUT2D eigenvalue weighted by atomic mass is 16.5. The highest BCUT2D eigenvalue weighted by Crippen LogP contribution is 2.24. The predicted molar refractivity (Wildman–Crippen MR) is 80.8 cm³/mol. The molecule has 2 rings (SSSR count). The lowest BCUT2D eigenvalue weighted by molar-refractivity contribution is -0.131. The van der Waals surface area contributed by atoms with Crippen LogP contribution < -0.4 is 0 Å². The minimum Gasteiger partial charge on any atom is -0.508 e. The molecular weight excluding hydrogens is 268 g/mol. The maximum absolute atomic E-state index is 10.8. The van der Waals surface area contributed by atoms with Crippen LogP contribution in [0.15, 0.2) is 54.6 Å². The Morgan fingerprint density at radius 2 is 1.57 bits per heavy atom. The number of hydrogen-bond donors (Lipinski definition) is 2. The van der Waals surface area contributed by atoms with Crippen LogP contribution >= 0.6 is 0 Å². The van der Waals surface area contributed by atoms with E-state index < -0.39 is 5.97 Å². The van der Waals surface area contributed by atoms with E-state index in [2.05, 4.69) is 0 Å². The van der Waals surface area contributed by atoms with Gasteiger partial charge in [0.15, 0.2) is 0 Å². The van der Waals surface area contributed by atoms with Crippen molar-refractivity contribution in [1.82, 2.24) is 0 Å². The smallest absolute Gasteiger partial charge is 0.332 e. The number of phenolic OH excluding ortho intramolecular Hbond substituents is 1. The Bertz CT molecular complexity index is 639. The molecule has 0 aliphatic heterocycles. The van der Waals surface area contributed by atoms with Crippen LogP contribution in [0, 0.1) is 0 Å². The van der Waals surface area contributed by atoms with E-state index in [9.17, 15) is 9.90 Å². The van der Waals surface area contributed by atoms with Gasteiger partial charge in [-0.15, -0.1) is 0 Å². The summed E-state index contributed by atoms with van der Waals surface area (Å²) in [6.07, 6.45) is 1.05. The van der Waals surface area contributed by atoms with E-state index in [1.54, 1.807) is 19.1 Å². The molecule has 0 bridgehead atoms. The fraction of sp³-hybridized carbons (Fsp3) is 0.118. The van der Waals surface area contributed by atoms with Gasteiger partial charge < -0.3 is 14.9 Å². The predicted octanol–water partition coefficient (Wildman–Crippen LogP) is 3.52. The van der Waals surface area contributed by atoms with Gasteiger partial charge in [0.1, 0.15) is 11.5 Å². The first-order valence-electron chi connectivity index (χ1n) is 6.57. The molecule has 0 spiro atoms. The Kier molecular flexibility index (Phi) is 4.61. The topological polar surface area (TPSA) is 66.8 Å². The number of hydrogen-bond acceptors (Lipinski definition) is 3. The summed E-state index contributed by atoms with van der Waals surface area (Å²) >= 11 is 0. The summed E-state index contributed by atoms with van der Waals surface area (Å²) in [5, 5.41) is 18.1. The molecule has 0 unspecified atom stereocenters. The fourth-order valence-electron chi connectivity index (χ4n) is 1.96. The maximum atomic E-state index is 10.8. The van der Waals surface area contributed by atoms with Gasteiger partial charge in [-0.05, 0) is 30.2 Å². The van der Waals surface area contributed by atoms with Crippen LogP contribution in [0.4, 0.5) is 0 Å². The van der Waals surface area contributed by atoms with Crippen molar-refractivity contribution in [1.29, 1.82) is 0 Å². The summed E-state index contributed by atoms with van der Waals surface area (Å²) in [7, 11) is 0. The molecule has 0 heterocycles. The SMILES string of the molecule is CCO/C(=C/C(=O)O)c1ccc(-c2ccc(O)cc2)cc1. The standard InChI is InChI=1S/C17H16O4/c1-2-21-16(11-17(19)20)14-5-3-12(4-6-14)13-7-9-15(18)10-8-13/h3-11,18H,2H2,1H3,(H,19,20)/b16-11+. The van der Waals surface area contributed by atoms with Crippen LogP contribution in [0.5, 0.6) is 5.75 Å². The van der Waals surface area contributed by atoms with Gasteiger partial charge in [-0.3, -0.25) is 0 Å². The van der Waals surface area contributed by atoms with E-state index in [-0.39, 0.29) is 5.75 Å². The molecular formula is C17H16O4. The number of phenols is 1. The van der Waals surface area contributed by atoms with Gasteiger partial charge in [0.25, 0.3) is 0 Å². The molecule has 2 aromatic rings. The van der Waals surface area contributed by atoms with E-state index in [0.717, 1.165) is 17.2 Å². The molecule has 21 heavy (non-hydrogen) atoms. The van der Waals surface area contributed by atoms with Crippen LogP contribution in [0.2, 0.25) is 0 Å². The number of aromatic hydroxyl groups is 1. The zero-order valence-corrected chi connectivity index (χ0v) is 11.6. The molecule has 0 aromatic heterocycles. The number of carbonyl (C=O) groups is 1. The molecule has 0 saturated carbocycles. The monoisotopic (exact) mass is 284 g/mol. The van der Waals surface area contributed by atoms with E-state index in [1.165, 1.54) is 0 Å². The van der Waals surface area contributed by atoms with E-state index in [4.69, 9.17) is 9.84 Å². The van der Waals surface area contributed by atoms with E-state index >= 15 is 0 Å². The summed E-state index contributed by atoms with van der Waals surface area (Å²) in [6.45, 7) is 2.21. The Morgan fingerprint density at radius 1 is 1.05 bits per heavy atom. The van der Waals surface area contributed by atoms with Crippen molar-refractivity contribution in [2.75, 3.05) is 6.61 Å². The Labute approximate surface area is 122 Å². The van der Waals surface area contributed by atoms with Gasteiger partial charge >= 0.3 is 5.97 Å². The molecule has 4 heteroatoms. The Hall–Kier alpha value is -2.75. The second-order valence-corrected chi connectivity index (χ2v) is 4.40. The minimum absolute atomic E-state index is 0.221. The van der Waals surface area contributed by atoms with Crippen LogP contribution in [0.3, 0.4) is 0 Å². The number of benzene rings is 2. The number of ether oxygens (including phenoxy) is 1. The summed E-state index contributed by atoms with van der Waals surface area (Å²) < 4.78 is 5.35. The lowest BCUT2D eigenvalue weighted by atomic mass is 10.0. The van der Waals surface area contributed by atoms with E-state index in [1.807, 2.05) is 36.4 Å². The first kappa shape index (κ1) is 14.7. The number of carboxylic acids is 1. The fourth-order valence-corrected chi connectivity index (χ4v) is 1.96. The van der Waals surface area contributed by atoms with Crippen molar-refractivity contribution >= 4 is 11.7 Å². The molecule has 2 N–H and O–H groups in total. The third-order valence-electron chi connectivity index (χ3n) is 2.92. The molecule has 0 atom stereocenters. The molecule has 2 aromatic carbocycles. The van der Waals surface area contributed by atoms with Crippen molar-refractivity contribution < 1.29 is 19.7 Å². The first-order chi connectivity index (χ1) is 10.1. The second-order valence-electron chi connectivity index (χ2n) is 4.40. The van der Waals surface area contributed by atoms with Gasteiger partial charge in [-0.1, -0.05) is 36.4 Å². The van der Waals surface area contributed by atoms with Crippen molar-refractivity contribution in [2.24, 2.45) is 0 Å². The molecule has 4 nitrogen and oxygen atoms in total. The lowest BCUT2D eigenvalue weighted by Gasteiger charge is -2.09. The van der Waals surface area contributed by atoms with Crippen LogP contribution in [0.1, 0.15) is 12.5 Å². The van der Waals surface area contributed by atoms with Crippen molar-refractivity contribution in [3.05, 3.63) is 60.2 Å². The number of rotatable bonds is 5. The van der Waals surface area contributed by atoms with Crippen LogP contribution in [0.25, 0.3) is 16.9 Å². The summed E-state index contributed by atoms with van der Waals surface area (Å²) in [5.41, 5.74) is 2.66. The Morgan fingerprint density at radius 3 is 2.05 bits per heavy atom. The first-order valence-corrected chi connectivity index (χ1v) is 6.57. The number of aliphatic carboxylic acids is 1. The summed E-state index contributed by atoms with van der Waals surface area (Å²) in [4.78, 5) is 10.8. The number of carboxylic acid groups (broad SMARTS) is 1. The van der Waals surface area contributed by atoms with Gasteiger partial charge in [0.2, 0.25) is 0 Å². The molecule has 0 aliphatic carbocycles. The quantitative estimate of drug-likeness (QED) is 0.651. The maximum Gasteiger partial charge on any atom is 0.332 e. The summed E-state index contributed by atoms with van der Waals surface area (Å²) in [5.74, 6) is -0.485. The van der Waals surface area contributed by atoms with Gasteiger partial charge in [0, 0.05) is 5.56 Å². The third-order valence-corrected chi connectivity index (χ3v) is 2.92. The molecule has 0 amide bonds. The average Bonchev–Trinajstić information content (AvgIpc) is 2.47. The van der Waals surface area contributed by atoms with Gasteiger partial charge in [0.05, 0.1) is 12.7 Å². The van der Waals surface area contributed by atoms with Crippen molar-refractivity contribution in [2.45, 2.75) is 6.92 Å². The molecule has 0 aliphatic rings. The molecule has 0 saturated heterocycles. The van der Waals surface area contributed by atoms with E-state index in [0.29, 0.717) is 17.9 Å². The average molecular weight is 284 g/mol. The van der Waals surface area contributed by atoms with Crippen LogP contribution in [-0.4, -0.2) is 22.8 Å². The second kappa shape index (κ2) is 6.61. The molecule has 0 radical (unpaired) electrons.